The van der Waals surface area contributed by atoms with Crippen LogP contribution in [0.1, 0.15) is 5.69 Å². The van der Waals surface area contributed by atoms with Crippen LogP contribution in [-0.2, 0) is 16.0 Å². The van der Waals surface area contributed by atoms with Gasteiger partial charge in [0.25, 0.3) is 5.56 Å². The maximum Gasteiger partial charge on any atom is 0.256 e. The molecule has 1 aromatic heterocycles. The third kappa shape index (κ3) is 2.62. The molecule has 1 amide bonds. The van der Waals surface area contributed by atoms with Crippen molar-refractivity contribution in [3.05, 3.63) is 40.3 Å². The molecule has 1 saturated heterocycles. The minimum Gasteiger partial charge on any atom is -0.505 e. The van der Waals surface area contributed by atoms with E-state index in [0.717, 1.165) is 0 Å². The van der Waals surface area contributed by atoms with Crippen molar-refractivity contribution < 1.29 is 14.6 Å². The fraction of sp³-hybridized carbons (Fsp3) is 0.333. The minimum absolute atomic E-state index is 0.0219. The number of H-pyrrole nitrogens is 1. The van der Waals surface area contributed by atoms with Crippen LogP contribution in [0.5, 0.6) is 5.75 Å². The molecule has 2 N–H and O–H groups in total. The third-order valence-corrected chi connectivity index (χ3v) is 3.67. The largest absolute Gasteiger partial charge is 0.505 e. The van der Waals surface area contributed by atoms with Crippen molar-refractivity contribution in [1.29, 1.82) is 0 Å². The van der Waals surface area contributed by atoms with E-state index in [9.17, 15) is 14.7 Å². The molecule has 0 saturated carbocycles. The molecule has 2 heterocycles. The molecule has 2 aromatic rings. The Bertz CT molecular complexity index is 732. The van der Waals surface area contributed by atoms with Crippen LogP contribution in [0.3, 0.4) is 0 Å². The van der Waals surface area contributed by atoms with Crippen molar-refractivity contribution in [2.75, 3.05) is 26.3 Å². The van der Waals surface area contributed by atoms with Gasteiger partial charge in [0.1, 0.15) is 5.75 Å². The SMILES string of the molecule is O=C(Cc1[nH]c(=O)c2ccccc2c1O)N1CCOCC1. The predicted molar refractivity (Wildman–Crippen MR) is 77.3 cm³/mol. The number of amides is 1. The number of nitrogens with zero attached hydrogens (tertiary/aromatic N) is 1. The average molecular weight is 288 g/mol. The lowest BCUT2D eigenvalue weighted by Gasteiger charge is -2.26. The molecule has 0 aliphatic carbocycles. The molecule has 0 bridgehead atoms. The Hall–Kier alpha value is -2.34. The number of rotatable bonds is 2. The van der Waals surface area contributed by atoms with Gasteiger partial charge < -0.3 is 19.7 Å². The lowest BCUT2D eigenvalue weighted by Crippen LogP contribution is -2.41. The van der Waals surface area contributed by atoms with Gasteiger partial charge in [0, 0.05) is 18.5 Å². The molecule has 6 nitrogen and oxygen atoms in total. The molecule has 1 aliphatic rings. The van der Waals surface area contributed by atoms with Crippen LogP contribution in [0.2, 0.25) is 0 Å². The van der Waals surface area contributed by atoms with E-state index in [1.165, 1.54) is 0 Å². The Labute approximate surface area is 121 Å². The first-order chi connectivity index (χ1) is 10.2. The molecular formula is C15H16N2O4. The fourth-order valence-electron chi connectivity index (χ4n) is 2.52. The van der Waals surface area contributed by atoms with E-state index in [4.69, 9.17) is 4.74 Å². The molecule has 0 atom stereocenters. The van der Waals surface area contributed by atoms with Crippen molar-refractivity contribution in [2.45, 2.75) is 6.42 Å². The minimum atomic E-state index is -0.298. The fourth-order valence-corrected chi connectivity index (χ4v) is 2.52. The van der Waals surface area contributed by atoms with Gasteiger partial charge in [0.15, 0.2) is 0 Å². The molecule has 1 aromatic carbocycles. The molecule has 1 fully saturated rings. The first-order valence-electron chi connectivity index (χ1n) is 6.85. The first kappa shape index (κ1) is 13.6. The summed E-state index contributed by atoms with van der Waals surface area (Å²) < 4.78 is 5.20. The van der Waals surface area contributed by atoms with Gasteiger partial charge in [-0.25, -0.2) is 0 Å². The van der Waals surface area contributed by atoms with Crippen LogP contribution < -0.4 is 5.56 Å². The Morgan fingerprint density at radius 1 is 1.24 bits per heavy atom. The molecular weight excluding hydrogens is 272 g/mol. The highest BCUT2D eigenvalue weighted by Gasteiger charge is 2.20. The van der Waals surface area contributed by atoms with Crippen LogP contribution in [-0.4, -0.2) is 47.2 Å². The van der Waals surface area contributed by atoms with Crippen LogP contribution >= 0.6 is 0 Å². The van der Waals surface area contributed by atoms with Gasteiger partial charge in [-0.1, -0.05) is 18.2 Å². The van der Waals surface area contributed by atoms with Crippen molar-refractivity contribution in [3.63, 3.8) is 0 Å². The monoisotopic (exact) mass is 288 g/mol. The first-order valence-corrected chi connectivity index (χ1v) is 6.85. The second-order valence-corrected chi connectivity index (χ2v) is 5.00. The van der Waals surface area contributed by atoms with E-state index in [-0.39, 0.29) is 29.3 Å². The Morgan fingerprint density at radius 3 is 2.62 bits per heavy atom. The number of carbonyl (C=O) groups excluding carboxylic acids is 1. The molecule has 0 spiro atoms. The standard InChI is InChI=1S/C15H16N2O4/c18-13(17-5-7-21-8-6-17)9-12-14(19)10-3-1-2-4-11(10)15(20)16-12/h1-4,19H,5-9H2,(H,16,20). The van der Waals surface area contributed by atoms with E-state index in [0.29, 0.717) is 37.1 Å². The number of ether oxygens (including phenoxy) is 1. The summed E-state index contributed by atoms with van der Waals surface area (Å²) in [6, 6.07) is 6.79. The summed E-state index contributed by atoms with van der Waals surface area (Å²) in [5, 5.41) is 11.1. The van der Waals surface area contributed by atoms with Crippen molar-refractivity contribution in [1.82, 2.24) is 9.88 Å². The summed E-state index contributed by atoms with van der Waals surface area (Å²) in [5.74, 6) is -0.161. The molecule has 110 valence electrons. The van der Waals surface area contributed by atoms with E-state index in [2.05, 4.69) is 4.98 Å². The number of nitrogens with one attached hydrogen (secondary N) is 1. The second-order valence-electron chi connectivity index (χ2n) is 5.00. The second kappa shape index (κ2) is 5.57. The van der Waals surface area contributed by atoms with Crippen LogP contribution in [0.15, 0.2) is 29.1 Å². The van der Waals surface area contributed by atoms with Crippen LogP contribution in [0, 0.1) is 0 Å². The third-order valence-electron chi connectivity index (χ3n) is 3.67. The van der Waals surface area contributed by atoms with E-state index in [1.54, 1.807) is 29.2 Å². The maximum atomic E-state index is 12.2. The zero-order valence-electron chi connectivity index (χ0n) is 11.5. The Kier molecular flexibility index (Phi) is 3.62. The van der Waals surface area contributed by atoms with Gasteiger partial charge in [-0.3, -0.25) is 9.59 Å². The number of hydrogen-bond donors (Lipinski definition) is 2. The number of carbonyl (C=O) groups is 1. The average Bonchev–Trinajstić information content (AvgIpc) is 2.53. The van der Waals surface area contributed by atoms with Crippen molar-refractivity contribution in [3.8, 4) is 5.75 Å². The zero-order valence-corrected chi connectivity index (χ0v) is 11.5. The molecule has 0 radical (unpaired) electrons. The molecule has 0 unspecified atom stereocenters. The smallest absolute Gasteiger partial charge is 0.256 e. The van der Waals surface area contributed by atoms with Gasteiger partial charge >= 0.3 is 0 Å². The number of hydrogen-bond acceptors (Lipinski definition) is 4. The van der Waals surface area contributed by atoms with E-state index < -0.39 is 0 Å². The number of aromatic amines is 1. The van der Waals surface area contributed by atoms with Crippen molar-refractivity contribution in [2.24, 2.45) is 0 Å². The number of benzene rings is 1. The lowest BCUT2D eigenvalue weighted by atomic mass is 10.1. The predicted octanol–water partition coefficient (Wildman–Crippen LogP) is 0.635. The highest BCUT2D eigenvalue weighted by Crippen LogP contribution is 2.25. The van der Waals surface area contributed by atoms with Crippen LogP contribution in [0.25, 0.3) is 10.8 Å². The molecule has 3 rings (SSSR count). The summed E-state index contributed by atoms with van der Waals surface area (Å²) in [7, 11) is 0. The van der Waals surface area contributed by atoms with Crippen LogP contribution in [0.4, 0.5) is 0 Å². The molecule has 1 aliphatic heterocycles. The van der Waals surface area contributed by atoms with Gasteiger partial charge in [0.05, 0.1) is 30.7 Å². The zero-order chi connectivity index (χ0) is 14.8. The van der Waals surface area contributed by atoms with Gasteiger partial charge in [-0.15, -0.1) is 0 Å². The number of morpholine rings is 1. The van der Waals surface area contributed by atoms with Crippen molar-refractivity contribution >= 4 is 16.7 Å². The van der Waals surface area contributed by atoms with E-state index >= 15 is 0 Å². The molecule has 21 heavy (non-hydrogen) atoms. The van der Waals surface area contributed by atoms with Gasteiger partial charge in [-0.2, -0.15) is 0 Å². The number of fused-ring (bicyclic) bond motifs is 1. The number of aromatic hydroxyl groups is 1. The Morgan fingerprint density at radius 2 is 1.90 bits per heavy atom. The summed E-state index contributed by atoms with van der Waals surface area (Å²) in [4.78, 5) is 28.5. The highest BCUT2D eigenvalue weighted by molar-refractivity contribution is 5.89. The van der Waals surface area contributed by atoms with E-state index in [1.807, 2.05) is 0 Å². The quantitative estimate of drug-likeness (QED) is 0.849. The summed E-state index contributed by atoms with van der Waals surface area (Å²) in [6.07, 6.45) is -0.0219. The highest BCUT2D eigenvalue weighted by atomic mass is 16.5. The topological polar surface area (TPSA) is 82.6 Å². The Balaban J connectivity index is 1.92. The lowest BCUT2D eigenvalue weighted by molar-refractivity contribution is -0.134. The number of pyridine rings is 1. The maximum absolute atomic E-state index is 12.2. The van der Waals surface area contributed by atoms with Gasteiger partial charge in [-0.05, 0) is 6.07 Å². The molecule has 6 heteroatoms. The summed E-state index contributed by atoms with van der Waals surface area (Å²) >= 11 is 0. The normalized spacial score (nSPS) is 15.3. The summed E-state index contributed by atoms with van der Waals surface area (Å²) in [5.41, 5.74) is -0.0385. The summed E-state index contributed by atoms with van der Waals surface area (Å²) in [6.45, 7) is 2.12. The number of aromatic nitrogens is 1. The van der Waals surface area contributed by atoms with Gasteiger partial charge in [0.2, 0.25) is 5.91 Å².